The van der Waals surface area contributed by atoms with E-state index in [1.165, 1.54) is 6.08 Å². The van der Waals surface area contributed by atoms with E-state index in [1.54, 1.807) is 25.3 Å². The molecule has 0 aliphatic rings. The van der Waals surface area contributed by atoms with Crippen molar-refractivity contribution in [3.05, 3.63) is 35.4 Å². The van der Waals surface area contributed by atoms with Crippen molar-refractivity contribution in [3.8, 4) is 5.75 Å². The van der Waals surface area contributed by atoms with Crippen molar-refractivity contribution in [1.82, 2.24) is 0 Å². The standard InChI is InChI=1S/C11H12ClNO3/c1-16-8-4-5-10(9(12)7-8)13-6-2-3-11(14)15/h2-5,7,13H,6H2,1H3,(H,14,15)/b3-2+. The Kier molecular flexibility index (Phi) is 4.66. The lowest BCUT2D eigenvalue weighted by Crippen LogP contribution is -2.00. The molecule has 1 rings (SSSR count). The number of carboxylic acids is 1. The maximum absolute atomic E-state index is 10.2. The predicted molar refractivity (Wildman–Crippen MR) is 63.3 cm³/mol. The third-order valence-corrected chi connectivity index (χ3v) is 2.16. The van der Waals surface area contributed by atoms with Crippen molar-refractivity contribution in [1.29, 1.82) is 0 Å². The molecule has 0 aromatic heterocycles. The Morgan fingerprint density at radius 1 is 1.62 bits per heavy atom. The van der Waals surface area contributed by atoms with E-state index < -0.39 is 5.97 Å². The van der Waals surface area contributed by atoms with Crippen LogP contribution >= 0.6 is 11.6 Å². The minimum atomic E-state index is -0.970. The Bertz CT molecular complexity index is 404. The highest BCUT2D eigenvalue weighted by Gasteiger charge is 2.00. The number of aliphatic carboxylic acids is 1. The first-order valence-electron chi connectivity index (χ1n) is 4.60. The lowest BCUT2D eigenvalue weighted by Gasteiger charge is -2.07. The van der Waals surface area contributed by atoms with Crippen LogP contribution in [0.1, 0.15) is 0 Å². The number of ether oxygens (including phenoxy) is 1. The highest BCUT2D eigenvalue weighted by atomic mass is 35.5. The average molecular weight is 242 g/mol. The summed E-state index contributed by atoms with van der Waals surface area (Å²) in [7, 11) is 1.56. The summed E-state index contributed by atoms with van der Waals surface area (Å²) in [6.45, 7) is 0.401. The average Bonchev–Trinajstić information content (AvgIpc) is 2.25. The van der Waals surface area contributed by atoms with Crippen molar-refractivity contribution in [2.45, 2.75) is 0 Å². The minimum absolute atomic E-state index is 0.401. The molecule has 1 aromatic carbocycles. The van der Waals surface area contributed by atoms with E-state index in [9.17, 15) is 4.79 Å². The highest BCUT2D eigenvalue weighted by Crippen LogP contribution is 2.26. The van der Waals surface area contributed by atoms with Gasteiger partial charge in [0, 0.05) is 18.7 Å². The normalized spacial score (nSPS) is 10.4. The number of carbonyl (C=O) groups is 1. The predicted octanol–water partition coefficient (Wildman–Crippen LogP) is 2.40. The number of methoxy groups -OCH3 is 1. The molecule has 0 atom stereocenters. The summed E-state index contributed by atoms with van der Waals surface area (Å²) < 4.78 is 5.00. The van der Waals surface area contributed by atoms with Crippen molar-refractivity contribution in [2.24, 2.45) is 0 Å². The van der Waals surface area contributed by atoms with E-state index in [1.807, 2.05) is 0 Å². The third-order valence-electron chi connectivity index (χ3n) is 1.85. The molecule has 86 valence electrons. The zero-order valence-corrected chi connectivity index (χ0v) is 9.49. The molecule has 0 heterocycles. The van der Waals surface area contributed by atoms with Gasteiger partial charge in [0.25, 0.3) is 0 Å². The number of hydrogen-bond donors (Lipinski definition) is 2. The molecule has 1 aromatic rings. The van der Waals surface area contributed by atoms with Crippen LogP contribution in [0.25, 0.3) is 0 Å². The lowest BCUT2D eigenvalue weighted by molar-refractivity contribution is -0.131. The van der Waals surface area contributed by atoms with E-state index in [-0.39, 0.29) is 0 Å². The molecular formula is C11H12ClNO3. The monoisotopic (exact) mass is 241 g/mol. The van der Waals surface area contributed by atoms with Gasteiger partial charge in [-0.1, -0.05) is 17.7 Å². The number of rotatable bonds is 5. The van der Waals surface area contributed by atoms with Crippen LogP contribution in [0.4, 0.5) is 5.69 Å². The van der Waals surface area contributed by atoms with E-state index in [0.717, 1.165) is 11.8 Å². The molecule has 0 bridgehead atoms. The fraction of sp³-hybridized carbons (Fsp3) is 0.182. The first-order valence-corrected chi connectivity index (χ1v) is 4.98. The Labute approximate surface area is 98.5 Å². The summed E-state index contributed by atoms with van der Waals surface area (Å²) in [5, 5.41) is 11.9. The van der Waals surface area contributed by atoms with Crippen molar-refractivity contribution >= 4 is 23.3 Å². The van der Waals surface area contributed by atoms with Gasteiger partial charge in [-0.05, 0) is 12.1 Å². The molecule has 0 unspecified atom stereocenters. The molecule has 0 fully saturated rings. The molecule has 0 spiro atoms. The Morgan fingerprint density at radius 2 is 2.38 bits per heavy atom. The number of halogens is 1. The quantitative estimate of drug-likeness (QED) is 0.778. The summed E-state index contributed by atoms with van der Waals surface area (Å²) in [5.41, 5.74) is 0.734. The van der Waals surface area contributed by atoms with Gasteiger partial charge < -0.3 is 15.2 Å². The molecule has 0 aliphatic carbocycles. The Balaban J connectivity index is 2.57. The van der Waals surface area contributed by atoms with E-state index >= 15 is 0 Å². The van der Waals surface area contributed by atoms with Crippen LogP contribution in [0, 0.1) is 0 Å². The molecule has 0 saturated heterocycles. The lowest BCUT2D eigenvalue weighted by atomic mass is 10.3. The first-order chi connectivity index (χ1) is 7.63. The summed E-state index contributed by atoms with van der Waals surface area (Å²) in [6.07, 6.45) is 2.58. The van der Waals surface area contributed by atoms with Gasteiger partial charge in [0.15, 0.2) is 0 Å². The van der Waals surface area contributed by atoms with Gasteiger partial charge >= 0.3 is 5.97 Å². The van der Waals surface area contributed by atoms with Gasteiger partial charge in [0.05, 0.1) is 17.8 Å². The van der Waals surface area contributed by atoms with Crippen molar-refractivity contribution in [2.75, 3.05) is 19.0 Å². The smallest absolute Gasteiger partial charge is 0.328 e. The number of hydrogen-bond acceptors (Lipinski definition) is 3. The van der Waals surface area contributed by atoms with Gasteiger partial charge in [-0.3, -0.25) is 0 Å². The molecule has 5 heteroatoms. The van der Waals surface area contributed by atoms with Crippen LogP contribution in [0.15, 0.2) is 30.4 Å². The highest BCUT2D eigenvalue weighted by molar-refractivity contribution is 6.33. The second kappa shape index (κ2) is 6.02. The van der Waals surface area contributed by atoms with Gasteiger partial charge in [-0.2, -0.15) is 0 Å². The molecule has 0 amide bonds. The molecule has 0 radical (unpaired) electrons. The summed E-state index contributed by atoms with van der Waals surface area (Å²) in [5.74, 6) is -0.292. The van der Waals surface area contributed by atoms with Crippen LogP contribution in [0.3, 0.4) is 0 Å². The van der Waals surface area contributed by atoms with E-state index in [4.69, 9.17) is 21.4 Å². The van der Waals surface area contributed by atoms with Crippen LogP contribution in [0.5, 0.6) is 5.75 Å². The Morgan fingerprint density at radius 3 is 2.94 bits per heavy atom. The topological polar surface area (TPSA) is 58.6 Å². The molecule has 16 heavy (non-hydrogen) atoms. The first kappa shape index (κ1) is 12.4. The zero-order valence-electron chi connectivity index (χ0n) is 8.74. The number of nitrogens with one attached hydrogen (secondary N) is 1. The summed E-state index contributed by atoms with van der Waals surface area (Å²) in [6, 6.07) is 5.23. The van der Waals surface area contributed by atoms with Crippen LogP contribution in [-0.2, 0) is 4.79 Å². The molecule has 2 N–H and O–H groups in total. The van der Waals surface area contributed by atoms with E-state index in [2.05, 4.69) is 5.32 Å². The second-order valence-corrected chi connectivity index (χ2v) is 3.37. The number of carboxylic acid groups (broad SMARTS) is 1. The molecular weight excluding hydrogens is 230 g/mol. The fourth-order valence-electron chi connectivity index (χ4n) is 1.09. The Hall–Kier alpha value is -1.68. The van der Waals surface area contributed by atoms with Crippen LogP contribution < -0.4 is 10.1 Å². The summed E-state index contributed by atoms with van der Waals surface area (Å²) in [4.78, 5) is 10.2. The van der Waals surface area contributed by atoms with Gasteiger partial charge in [0.2, 0.25) is 0 Å². The third kappa shape index (κ3) is 3.82. The SMILES string of the molecule is COc1ccc(NC/C=C/C(=O)O)c(Cl)c1. The van der Waals surface area contributed by atoms with Gasteiger partial charge in [-0.25, -0.2) is 4.79 Å². The maximum Gasteiger partial charge on any atom is 0.328 e. The minimum Gasteiger partial charge on any atom is -0.497 e. The number of benzene rings is 1. The molecule has 0 aliphatic heterocycles. The zero-order chi connectivity index (χ0) is 12.0. The van der Waals surface area contributed by atoms with Crippen LogP contribution in [-0.4, -0.2) is 24.7 Å². The van der Waals surface area contributed by atoms with Gasteiger partial charge in [0.1, 0.15) is 5.75 Å². The second-order valence-electron chi connectivity index (χ2n) is 2.97. The molecule has 0 saturated carbocycles. The summed E-state index contributed by atoms with van der Waals surface area (Å²) >= 11 is 5.97. The van der Waals surface area contributed by atoms with E-state index in [0.29, 0.717) is 17.3 Å². The largest absolute Gasteiger partial charge is 0.497 e. The van der Waals surface area contributed by atoms with Crippen LogP contribution in [0.2, 0.25) is 5.02 Å². The van der Waals surface area contributed by atoms with Gasteiger partial charge in [-0.15, -0.1) is 0 Å². The fourth-order valence-corrected chi connectivity index (χ4v) is 1.33. The number of anilines is 1. The van der Waals surface area contributed by atoms with Crippen molar-refractivity contribution in [3.63, 3.8) is 0 Å². The maximum atomic E-state index is 10.2. The van der Waals surface area contributed by atoms with Crippen molar-refractivity contribution < 1.29 is 14.6 Å². The molecule has 4 nitrogen and oxygen atoms in total.